The molecule has 2 N–H and O–H groups in total. The van der Waals surface area contributed by atoms with Crippen molar-refractivity contribution in [1.29, 1.82) is 0 Å². The summed E-state index contributed by atoms with van der Waals surface area (Å²) in [5, 5.41) is 13.1. The van der Waals surface area contributed by atoms with Crippen molar-refractivity contribution in [2.45, 2.75) is 65.6 Å². The average Bonchev–Trinajstić information content (AvgIpc) is 2.36. The molecule has 2 unspecified atom stereocenters. The van der Waals surface area contributed by atoms with Gasteiger partial charge < -0.3 is 19.9 Å². The van der Waals surface area contributed by atoms with Crippen molar-refractivity contribution in [2.24, 2.45) is 11.3 Å². The quantitative estimate of drug-likeness (QED) is 0.777. The predicted octanol–water partition coefficient (Wildman–Crippen LogP) is 2.24. The van der Waals surface area contributed by atoms with Gasteiger partial charge in [0.2, 0.25) is 0 Å². The van der Waals surface area contributed by atoms with E-state index in [1.807, 2.05) is 6.92 Å². The number of rotatable bonds is 4. The Morgan fingerprint density at radius 1 is 1.36 bits per heavy atom. The van der Waals surface area contributed by atoms with E-state index >= 15 is 0 Å². The van der Waals surface area contributed by atoms with Crippen LogP contribution in [-0.4, -0.2) is 42.0 Å². The Morgan fingerprint density at radius 2 is 2.00 bits per heavy atom. The molecule has 1 fully saturated rings. The molecule has 0 aromatic heterocycles. The molecule has 0 spiro atoms. The van der Waals surface area contributed by atoms with Crippen molar-refractivity contribution in [3.8, 4) is 0 Å². The lowest BCUT2D eigenvalue weighted by molar-refractivity contribution is -0.167. The van der Waals surface area contributed by atoms with Crippen molar-refractivity contribution in [2.75, 3.05) is 13.2 Å². The molecule has 0 saturated heterocycles. The number of ether oxygens (including phenoxy) is 2. The molecule has 0 bridgehead atoms. The first-order valence-electron chi connectivity index (χ1n) is 7.93. The minimum absolute atomic E-state index is 0.0225. The lowest BCUT2D eigenvalue weighted by Crippen LogP contribution is -2.54. The molecule has 1 rings (SSSR count). The molecule has 6 heteroatoms. The topological polar surface area (TPSA) is 84.9 Å². The van der Waals surface area contributed by atoms with Gasteiger partial charge in [0, 0.05) is 6.54 Å². The third kappa shape index (κ3) is 4.87. The van der Waals surface area contributed by atoms with Crippen LogP contribution in [0.4, 0.5) is 4.79 Å². The van der Waals surface area contributed by atoms with Crippen molar-refractivity contribution in [3.05, 3.63) is 0 Å². The predicted molar refractivity (Wildman–Crippen MR) is 82.3 cm³/mol. The minimum Gasteiger partial charge on any atom is -0.465 e. The standard InChI is InChI=1S/C16H29NO5/c1-6-21-13(19)16(8-7-11(2)9-12(16)18)10-17-14(20)22-15(3,4)5/h11-12,18H,6-10H2,1-5H3,(H,17,20)/t11-,12?,16?/m1/s1. The lowest BCUT2D eigenvalue weighted by atomic mass is 9.68. The van der Waals surface area contributed by atoms with Gasteiger partial charge in [-0.15, -0.1) is 0 Å². The summed E-state index contributed by atoms with van der Waals surface area (Å²) < 4.78 is 10.3. The summed E-state index contributed by atoms with van der Waals surface area (Å²) in [6.45, 7) is 9.34. The van der Waals surface area contributed by atoms with E-state index in [0.29, 0.717) is 18.8 Å². The van der Waals surface area contributed by atoms with Gasteiger partial charge in [-0.05, 0) is 52.9 Å². The molecule has 0 aromatic rings. The Morgan fingerprint density at radius 3 is 2.50 bits per heavy atom. The Bertz CT molecular complexity index is 404. The summed E-state index contributed by atoms with van der Waals surface area (Å²) in [6, 6.07) is 0. The summed E-state index contributed by atoms with van der Waals surface area (Å²) in [4.78, 5) is 24.2. The molecule has 128 valence electrons. The maximum atomic E-state index is 12.4. The van der Waals surface area contributed by atoms with Gasteiger partial charge in [-0.25, -0.2) is 4.79 Å². The largest absolute Gasteiger partial charge is 0.465 e. The van der Waals surface area contributed by atoms with E-state index in [1.54, 1.807) is 27.7 Å². The van der Waals surface area contributed by atoms with Crippen molar-refractivity contribution in [3.63, 3.8) is 0 Å². The van der Waals surface area contributed by atoms with Crippen molar-refractivity contribution in [1.82, 2.24) is 5.32 Å². The van der Waals surface area contributed by atoms with Gasteiger partial charge in [0.1, 0.15) is 11.0 Å². The lowest BCUT2D eigenvalue weighted by Gasteiger charge is -2.41. The van der Waals surface area contributed by atoms with Gasteiger partial charge in [-0.3, -0.25) is 4.79 Å². The molecule has 22 heavy (non-hydrogen) atoms. The zero-order chi connectivity index (χ0) is 17.0. The Kier molecular flexibility index (Phi) is 6.23. The number of hydrogen-bond donors (Lipinski definition) is 2. The molecule has 1 amide bonds. The molecule has 0 aliphatic heterocycles. The van der Waals surface area contributed by atoms with Gasteiger partial charge in [0.15, 0.2) is 0 Å². The van der Waals surface area contributed by atoms with E-state index in [0.717, 1.165) is 6.42 Å². The van der Waals surface area contributed by atoms with Crippen LogP contribution in [0, 0.1) is 11.3 Å². The number of carbonyl (C=O) groups is 2. The number of amides is 1. The summed E-state index contributed by atoms with van der Waals surface area (Å²) in [5.74, 6) is -0.107. The third-order valence-corrected chi connectivity index (χ3v) is 3.98. The van der Waals surface area contributed by atoms with E-state index in [9.17, 15) is 14.7 Å². The van der Waals surface area contributed by atoms with Crippen LogP contribution >= 0.6 is 0 Å². The van der Waals surface area contributed by atoms with Gasteiger partial charge in [-0.1, -0.05) is 6.92 Å². The van der Waals surface area contributed by atoms with Crippen LogP contribution in [0.25, 0.3) is 0 Å². The Balaban J connectivity index is 2.79. The summed E-state index contributed by atoms with van der Waals surface area (Å²) in [5.41, 5.74) is -1.69. The number of aliphatic hydroxyl groups excluding tert-OH is 1. The zero-order valence-corrected chi connectivity index (χ0v) is 14.3. The molecule has 3 atom stereocenters. The molecule has 6 nitrogen and oxygen atoms in total. The Labute approximate surface area is 132 Å². The van der Waals surface area contributed by atoms with Crippen LogP contribution in [0.5, 0.6) is 0 Å². The summed E-state index contributed by atoms with van der Waals surface area (Å²) >= 11 is 0. The first-order chi connectivity index (χ1) is 10.1. The molecular weight excluding hydrogens is 286 g/mol. The average molecular weight is 315 g/mol. The number of aliphatic hydroxyl groups is 1. The van der Waals surface area contributed by atoms with Crippen LogP contribution in [0.1, 0.15) is 53.9 Å². The van der Waals surface area contributed by atoms with E-state index < -0.39 is 29.2 Å². The highest BCUT2D eigenvalue weighted by Gasteiger charge is 2.49. The van der Waals surface area contributed by atoms with E-state index in [1.165, 1.54) is 0 Å². The highest BCUT2D eigenvalue weighted by molar-refractivity contribution is 5.79. The zero-order valence-electron chi connectivity index (χ0n) is 14.3. The third-order valence-electron chi connectivity index (χ3n) is 3.98. The molecule has 0 heterocycles. The second-order valence-electron chi connectivity index (χ2n) is 7.13. The van der Waals surface area contributed by atoms with Crippen LogP contribution in [-0.2, 0) is 14.3 Å². The van der Waals surface area contributed by atoms with Crippen LogP contribution in [0.3, 0.4) is 0 Å². The second kappa shape index (κ2) is 7.31. The van der Waals surface area contributed by atoms with Crippen molar-refractivity contribution >= 4 is 12.1 Å². The number of carbonyl (C=O) groups excluding carboxylic acids is 2. The van der Waals surface area contributed by atoms with Crippen LogP contribution in [0.15, 0.2) is 0 Å². The highest BCUT2D eigenvalue weighted by Crippen LogP contribution is 2.40. The molecule has 0 aromatic carbocycles. The summed E-state index contributed by atoms with van der Waals surface area (Å²) in [7, 11) is 0. The van der Waals surface area contributed by atoms with Crippen LogP contribution in [0.2, 0.25) is 0 Å². The maximum Gasteiger partial charge on any atom is 0.407 e. The molecule has 1 saturated carbocycles. The molecular formula is C16H29NO5. The number of hydrogen-bond acceptors (Lipinski definition) is 5. The van der Waals surface area contributed by atoms with E-state index in [4.69, 9.17) is 9.47 Å². The number of nitrogens with one attached hydrogen (secondary N) is 1. The van der Waals surface area contributed by atoms with Gasteiger partial charge in [-0.2, -0.15) is 0 Å². The first kappa shape index (κ1) is 18.7. The second-order valence-corrected chi connectivity index (χ2v) is 7.13. The van der Waals surface area contributed by atoms with Gasteiger partial charge in [0.05, 0.1) is 12.7 Å². The minimum atomic E-state index is -1.08. The number of esters is 1. The fourth-order valence-electron chi connectivity index (χ4n) is 2.73. The molecule has 0 radical (unpaired) electrons. The molecule has 1 aliphatic carbocycles. The SMILES string of the molecule is CCOC(=O)C1(CNC(=O)OC(C)(C)C)CC[C@@H](C)CC1O. The normalized spacial score (nSPS) is 28.8. The first-order valence-corrected chi connectivity index (χ1v) is 7.93. The Hall–Kier alpha value is -1.30. The fourth-order valence-corrected chi connectivity index (χ4v) is 2.73. The summed E-state index contributed by atoms with van der Waals surface area (Å²) in [6.07, 6.45) is 0.400. The van der Waals surface area contributed by atoms with E-state index in [2.05, 4.69) is 5.32 Å². The van der Waals surface area contributed by atoms with Crippen molar-refractivity contribution < 1.29 is 24.2 Å². The van der Waals surface area contributed by atoms with Crippen LogP contribution < -0.4 is 5.32 Å². The molecule has 1 aliphatic rings. The number of alkyl carbamates (subject to hydrolysis) is 1. The van der Waals surface area contributed by atoms with Gasteiger partial charge >= 0.3 is 12.1 Å². The van der Waals surface area contributed by atoms with E-state index in [-0.39, 0.29) is 13.2 Å². The van der Waals surface area contributed by atoms with Gasteiger partial charge in [0.25, 0.3) is 0 Å². The monoisotopic (exact) mass is 315 g/mol. The smallest absolute Gasteiger partial charge is 0.407 e. The fraction of sp³-hybridized carbons (Fsp3) is 0.875. The maximum absolute atomic E-state index is 12.4. The highest BCUT2D eigenvalue weighted by atomic mass is 16.6.